The van der Waals surface area contributed by atoms with Crippen LogP contribution < -0.4 is 4.48 Å². The van der Waals surface area contributed by atoms with E-state index >= 15 is 0 Å². The molecular weight excluding hydrogens is 427 g/mol. The van der Waals surface area contributed by atoms with Crippen molar-refractivity contribution in [2.75, 3.05) is 6.61 Å². The van der Waals surface area contributed by atoms with Crippen LogP contribution in [0.3, 0.4) is 0 Å². The molecule has 7 nitrogen and oxygen atoms in total. The number of aliphatic hydroxyl groups is 1. The van der Waals surface area contributed by atoms with Gasteiger partial charge in [-0.25, -0.2) is 0 Å². The van der Waals surface area contributed by atoms with E-state index in [4.69, 9.17) is 14.5 Å². The van der Waals surface area contributed by atoms with Crippen molar-refractivity contribution in [3.63, 3.8) is 0 Å². The van der Waals surface area contributed by atoms with Crippen LogP contribution in [0.15, 0.2) is 58.7 Å². The molecule has 0 amide bonds. The van der Waals surface area contributed by atoms with Gasteiger partial charge in [-0.15, -0.1) is 0 Å². The maximum absolute atomic E-state index is 9.24. The summed E-state index contributed by atoms with van der Waals surface area (Å²) in [6.45, 7) is 0.722. The second-order valence-electron chi connectivity index (χ2n) is 5.97. The van der Waals surface area contributed by atoms with Crippen LogP contribution >= 0.6 is 11.8 Å². The van der Waals surface area contributed by atoms with Crippen molar-refractivity contribution in [1.29, 1.82) is 0 Å². The molecule has 1 unspecified atom stereocenters. The van der Waals surface area contributed by atoms with Crippen molar-refractivity contribution >= 4 is 44.3 Å². The summed E-state index contributed by atoms with van der Waals surface area (Å²) in [5.74, 6) is 0.724. The Morgan fingerprint density at radius 1 is 1.30 bits per heavy atom. The Morgan fingerprint density at radius 3 is 3.04 bits per heavy atom. The Morgan fingerprint density at radius 2 is 2.22 bits per heavy atom. The van der Waals surface area contributed by atoms with Gasteiger partial charge in [-0.1, -0.05) is 0 Å². The summed E-state index contributed by atoms with van der Waals surface area (Å²) in [7, 11) is 0. The van der Waals surface area contributed by atoms with E-state index in [0.717, 1.165) is 45.0 Å². The summed E-state index contributed by atoms with van der Waals surface area (Å²) < 4.78 is 14.4. The molecule has 1 aliphatic heterocycles. The van der Waals surface area contributed by atoms with Gasteiger partial charge in [0.15, 0.2) is 0 Å². The molecule has 2 aromatic rings. The summed E-state index contributed by atoms with van der Waals surface area (Å²) in [5.41, 5.74) is 2.67. The normalized spacial score (nSPS) is 16.4. The summed E-state index contributed by atoms with van der Waals surface area (Å²) in [6, 6.07) is 0. The zero-order valence-electron chi connectivity index (χ0n) is 14.5. The van der Waals surface area contributed by atoms with Crippen molar-refractivity contribution in [2.24, 2.45) is 0 Å². The minimum absolute atomic E-state index is 0.106. The van der Waals surface area contributed by atoms with Crippen molar-refractivity contribution in [2.45, 2.75) is 31.0 Å². The van der Waals surface area contributed by atoms with Crippen molar-refractivity contribution in [3.8, 4) is 0 Å². The van der Waals surface area contributed by atoms with E-state index in [9.17, 15) is 5.11 Å². The van der Waals surface area contributed by atoms with Crippen LogP contribution in [0.5, 0.6) is 0 Å². The molecule has 3 heterocycles. The molecule has 2 aliphatic rings. The van der Waals surface area contributed by atoms with Gasteiger partial charge in [0.2, 0.25) is 0 Å². The summed E-state index contributed by atoms with van der Waals surface area (Å²) in [6.07, 6.45) is 13.5. The topological polar surface area (TPSA) is 82.3 Å². The molecule has 0 aromatic carbocycles. The van der Waals surface area contributed by atoms with Gasteiger partial charge in [0.05, 0.1) is 0 Å². The number of rotatable bonds is 6. The molecule has 0 spiro atoms. The van der Waals surface area contributed by atoms with E-state index in [0.29, 0.717) is 18.1 Å². The Hall–Kier alpha value is -2.02. The molecule has 0 fully saturated rings. The summed E-state index contributed by atoms with van der Waals surface area (Å²) >= 11 is 2.78. The number of aryl methyl sites for hydroxylation is 1. The van der Waals surface area contributed by atoms with E-state index in [1.165, 1.54) is 28.6 Å². The minimum atomic E-state index is 0.106. The van der Waals surface area contributed by atoms with Gasteiger partial charge in [-0.2, -0.15) is 0 Å². The number of imidazole rings is 1. The van der Waals surface area contributed by atoms with Crippen molar-refractivity contribution in [1.82, 2.24) is 19.5 Å². The number of nitrogens with zero attached hydrogens (tertiary/aromatic N) is 4. The van der Waals surface area contributed by atoms with E-state index < -0.39 is 0 Å². The molecule has 140 valence electrons. The molecule has 2 aromatic heterocycles. The van der Waals surface area contributed by atoms with Crippen molar-refractivity contribution in [3.05, 3.63) is 53.5 Å². The number of ether oxygens (including phenoxy) is 2. The fraction of sp³-hybridized carbons (Fsp3) is 0.278. The zero-order chi connectivity index (χ0) is 18.6. The zero-order valence-corrected chi connectivity index (χ0v) is 17.8. The Kier molecular flexibility index (Phi) is 5.66. The fourth-order valence-corrected chi connectivity index (χ4v) is 4.22. The molecule has 9 heteroatoms. The second kappa shape index (κ2) is 8.33. The summed E-state index contributed by atoms with van der Waals surface area (Å²) in [5, 5.41) is 10.6. The number of allylic oxidation sites excluding steroid dienone is 4. The molecule has 1 atom stereocenters. The van der Waals surface area contributed by atoms with E-state index in [2.05, 4.69) is 16.0 Å². The molecule has 1 aliphatic carbocycles. The third-order valence-electron chi connectivity index (χ3n) is 4.14. The van der Waals surface area contributed by atoms with Crippen molar-refractivity contribution < 1.29 is 14.6 Å². The van der Waals surface area contributed by atoms with E-state index in [1.807, 2.05) is 16.7 Å². The number of aromatic nitrogens is 4. The molecule has 0 saturated carbocycles. The van der Waals surface area contributed by atoms with Crippen LogP contribution in [0.2, 0.25) is 0 Å². The second-order valence-corrected chi connectivity index (χ2v) is 8.09. The summed E-state index contributed by atoms with van der Waals surface area (Å²) in [4.78, 5) is 13.3. The maximum atomic E-state index is 9.24. The predicted octanol–water partition coefficient (Wildman–Crippen LogP) is 1.52. The van der Waals surface area contributed by atoms with Gasteiger partial charge in [0.25, 0.3) is 0 Å². The average molecular weight is 446 g/mol. The molecule has 0 bridgehead atoms. The first-order valence-corrected chi connectivity index (χ1v) is 10.6. The Balaban J connectivity index is 1.59. The number of hydrogen-bond acceptors (Lipinski definition) is 7. The molecule has 1 N–H and O–H groups in total. The van der Waals surface area contributed by atoms with Crippen LogP contribution in [-0.2, 0) is 16.0 Å². The average Bonchev–Trinajstić information content (AvgIpc) is 3.06. The van der Waals surface area contributed by atoms with Gasteiger partial charge in [0.1, 0.15) is 0 Å². The molecule has 27 heavy (non-hydrogen) atoms. The van der Waals surface area contributed by atoms with Gasteiger partial charge >= 0.3 is 169 Å². The first kappa shape index (κ1) is 18.3. The van der Waals surface area contributed by atoms with Crippen LogP contribution in [0.1, 0.15) is 19.3 Å². The first-order valence-electron chi connectivity index (χ1n) is 8.61. The van der Waals surface area contributed by atoms with Gasteiger partial charge < -0.3 is 0 Å². The third-order valence-corrected chi connectivity index (χ3v) is 5.90. The molecular formula is C18H19AsN4O3S. The first-order chi connectivity index (χ1) is 13.3. The monoisotopic (exact) mass is 446 g/mol. The van der Waals surface area contributed by atoms with E-state index in [1.54, 1.807) is 18.9 Å². The Bertz CT molecular complexity index is 980. The van der Waals surface area contributed by atoms with Crippen LogP contribution in [-0.4, -0.2) is 48.1 Å². The van der Waals surface area contributed by atoms with Gasteiger partial charge in [-0.05, 0) is 0 Å². The van der Waals surface area contributed by atoms with Crippen LogP contribution in [0.4, 0.5) is 0 Å². The number of hydrogen-bond donors (Lipinski definition) is 1. The number of fused-ring (bicyclic) bond motifs is 1. The van der Waals surface area contributed by atoms with Gasteiger partial charge in [-0.3, -0.25) is 0 Å². The third kappa shape index (κ3) is 3.98. The molecule has 0 radical (unpaired) electrons. The van der Waals surface area contributed by atoms with Gasteiger partial charge in [0, 0.05) is 0 Å². The predicted molar refractivity (Wildman–Crippen MR) is 106 cm³/mol. The number of thioether (sulfide) groups is 1. The fourth-order valence-electron chi connectivity index (χ4n) is 2.83. The quantitative estimate of drug-likeness (QED) is 0.674. The number of aliphatic hydroxyl groups excluding tert-OH is 1. The standard InChI is InChI=1S/C18H19AsN4O3S/c19-16-15-17(21-11-20-16)23(7-4-8-24)18(22-15)27-14-10-25-9-13(26-14)12-5-2-1-3-6-12/h1-2,5,9-11,24H,3-4,6-8,19H2. The Labute approximate surface area is 169 Å². The van der Waals surface area contributed by atoms with Crippen LogP contribution in [0, 0.1) is 0 Å². The molecule has 4 rings (SSSR count). The van der Waals surface area contributed by atoms with E-state index in [-0.39, 0.29) is 6.61 Å². The SMILES string of the molecule is OCCCn1c(SC2=COC=C(C3=CC=CCC3)O2)nc2c([AsH2])ncnc21. The van der Waals surface area contributed by atoms with Crippen LogP contribution in [0.25, 0.3) is 11.2 Å². The molecule has 0 saturated heterocycles.